The molecule has 5 heteroatoms. The van der Waals surface area contributed by atoms with Crippen molar-refractivity contribution in [2.45, 2.75) is 25.9 Å². The van der Waals surface area contributed by atoms with Crippen molar-refractivity contribution in [1.29, 1.82) is 0 Å². The van der Waals surface area contributed by atoms with Gasteiger partial charge in [0.1, 0.15) is 0 Å². The van der Waals surface area contributed by atoms with E-state index < -0.39 is 0 Å². The van der Waals surface area contributed by atoms with Crippen molar-refractivity contribution in [2.75, 3.05) is 5.73 Å². The largest absolute Gasteiger partial charge is 0.382 e. The van der Waals surface area contributed by atoms with Crippen LogP contribution in [0.5, 0.6) is 0 Å². The molecular formula is C18H18N4O. The van der Waals surface area contributed by atoms with Gasteiger partial charge >= 0.3 is 0 Å². The molecule has 0 radical (unpaired) electrons. The molecule has 1 amide bonds. The predicted molar refractivity (Wildman–Crippen MR) is 89.6 cm³/mol. The van der Waals surface area contributed by atoms with Crippen molar-refractivity contribution in [3.05, 3.63) is 59.2 Å². The lowest BCUT2D eigenvalue weighted by Crippen LogP contribution is -2.38. The number of benzene rings is 2. The van der Waals surface area contributed by atoms with Crippen molar-refractivity contribution >= 4 is 22.6 Å². The highest BCUT2D eigenvalue weighted by Crippen LogP contribution is 2.31. The Bertz CT molecular complexity index is 885. The molecule has 0 aliphatic carbocycles. The normalized spacial score (nSPS) is 15.7. The summed E-state index contributed by atoms with van der Waals surface area (Å²) in [4.78, 5) is 14.5. The van der Waals surface area contributed by atoms with Crippen LogP contribution in [-0.4, -0.2) is 21.0 Å². The molecule has 1 atom stereocenters. The van der Waals surface area contributed by atoms with Crippen molar-refractivity contribution < 1.29 is 4.79 Å². The van der Waals surface area contributed by atoms with Crippen LogP contribution >= 0.6 is 0 Å². The SMILES string of the molecule is C[C@H](c1ccccc1)N1Cc2cc3c(N)n[nH]c3cc2CC1=O. The summed E-state index contributed by atoms with van der Waals surface area (Å²) < 4.78 is 0. The van der Waals surface area contributed by atoms with Gasteiger partial charge < -0.3 is 10.6 Å². The Balaban J connectivity index is 1.72. The van der Waals surface area contributed by atoms with Crippen LogP contribution in [0.15, 0.2) is 42.5 Å². The second-order valence-electron chi connectivity index (χ2n) is 6.06. The monoisotopic (exact) mass is 306 g/mol. The first-order valence-electron chi connectivity index (χ1n) is 7.73. The quantitative estimate of drug-likeness (QED) is 0.764. The van der Waals surface area contributed by atoms with E-state index in [4.69, 9.17) is 5.73 Å². The number of carbonyl (C=O) groups is 1. The third kappa shape index (κ3) is 2.25. The number of carbonyl (C=O) groups excluding carboxylic acids is 1. The number of nitrogens with two attached hydrogens (primary N) is 1. The van der Waals surface area contributed by atoms with E-state index in [0.717, 1.165) is 27.6 Å². The lowest BCUT2D eigenvalue weighted by Gasteiger charge is -2.34. The van der Waals surface area contributed by atoms with Gasteiger partial charge in [0.2, 0.25) is 5.91 Å². The number of nitrogens with one attached hydrogen (secondary N) is 1. The van der Waals surface area contributed by atoms with Crippen molar-refractivity contribution in [2.24, 2.45) is 0 Å². The van der Waals surface area contributed by atoms with Gasteiger partial charge in [0.25, 0.3) is 0 Å². The minimum atomic E-state index is 0.0502. The van der Waals surface area contributed by atoms with Gasteiger partial charge in [0.15, 0.2) is 5.82 Å². The van der Waals surface area contributed by atoms with Crippen molar-refractivity contribution in [3.63, 3.8) is 0 Å². The summed E-state index contributed by atoms with van der Waals surface area (Å²) >= 11 is 0. The molecule has 3 N–H and O–H groups in total. The first kappa shape index (κ1) is 13.8. The summed E-state index contributed by atoms with van der Waals surface area (Å²) in [6.45, 7) is 2.67. The summed E-state index contributed by atoms with van der Waals surface area (Å²) in [5.74, 6) is 0.656. The van der Waals surface area contributed by atoms with Gasteiger partial charge in [-0.3, -0.25) is 9.89 Å². The lowest BCUT2D eigenvalue weighted by molar-refractivity contribution is -0.134. The standard InChI is InChI=1S/C18H18N4O/c1-11(12-5-3-2-4-6-12)22-10-14-7-15-16(20-21-18(15)19)8-13(14)9-17(22)23/h2-8,11H,9-10H2,1H3,(H3,19,20,21)/t11-/m1/s1. The third-order valence-corrected chi connectivity index (χ3v) is 4.66. The van der Waals surface area contributed by atoms with Crippen molar-refractivity contribution in [3.8, 4) is 0 Å². The predicted octanol–water partition coefficient (Wildman–Crippen LogP) is 2.79. The molecule has 5 nitrogen and oxygen atoms in total. The van der Waals surface area contributed by atoms with Gasteiger partial charge in [-0.2, -0.15) is 5.10 Å². The maximum Gasteiger partial charge on any atom is 0.227 e. The Labute approximate surface area is 134 Å². The molecule has 1 aliphatic rings. The number of hydrogen-bond donors (Lipinski definition) is 2. The van der Waals surface area contributed by atoms with Gasteiger partial charge in [-0.15, -0.1) is 0 Å². The Morgan fingerprint density at radius 1 is 1.22 bits per heavy atom. The number of rotatable bonds is 2. The van der Waals surface area contributed by atoms with Crippen LogP contribution in [0.2, 0.25) is 0 Å². The maximum atomic E-state index is 12.6. The molecule has 3 aromatic rings. The maximum absolute atomic E-state index is 12.6. The van der Waals surface area contributed by atoms with E-state index in [0.29, 0.717) is 18.8 Å². The van der Waals surface area contributed by atoms with E-state index in [9.17, 15) is 4.79 Å². The molecule has 1 aliphatic heterocycles. The summed E-state index contributed by atoms with van der Waals surface area (Å²) in [6.07, 6.45) is 0.418. The zero-order chi connectivity index (χ0) is 16.0. The number of H-pyrrole nitrogens is 1. The van der Waals surface area contributed by atoms with Crippen molar-refractivity contribution in [1.82, 2.24) is 15.1 Å². The summed E-state index contributed by atoms with van der Waals surface area (Å²) in [7, 11) is 0. The second-order valence-corrected chi connectivity index (χ2v) is 6.06. The van der Waals surface area contributed by atoms with Gasteiger partial charge in [-0.25, -0.2) is 0 Å². The van der Waals surface area contributed by atoms with Crippen LogP contribution in [-0.2, 0) is 17.8 Å². The topological polar surface area (TPSA) is 75.0 Å². The number of fused-ring (bicyclic) bond motifs is 2. The smallest absolute Gasteiger partial charge is 0.227 e. The first-order valence-corrected chi connectivity index (χ1v) is 7.73. The van der Waals surface area contributed by atoms with E-state index in [1.165, 1.54) is 0 Å². The van der Waals surface area contributed by atoms with Crippen LogP contribution in [0.1, 0.15) is 29.7 Å². The summed E-state index contributed by atoms with van der Waals surface area (Å²) in [5.41, 5.74) is 10.1. The average molecular weight is 306 g/mol. The number of anilines is 1. The van der Waals surface area contributed by atoms with Crippen LogP contribution in [0.4, 0.5) is 5.82 Å². The minimum absolute atomic E-state index is 0.0502. The Morgan fingerprint density at radius 3 is 2.78 bits per heavy atom. The first-order chi connectivity index (χ1) is 11.1. The molecular weight excluding hydrogens is 288 g/mol. The number of nitrogen functional groups attached to an aromatic ring is 1. The highest BCUT2D eigenvalue weighted by Gasteiger charge is 2.28. The molecule has 0 fully saturated rings. The summed E-state index contributed by atoms with van der Waals surface area (Å²) in [6, 6.07) is 14.2. The van der Waals surface area contributed by atoms with E-state index in [1.54, 1.807) is 0 Å². The highest BCUT2D eigenvalue weighted by atomic mass is 16.2. The Kier molecular flexibility index (Phi) is 3.08. The van der Waals surface area contributed by atoms with Crippen LogP contribution < -0.4 is 5.73 Å². The number of amides is 1. The minimum Gasteiger partial charge on any atom is -0.382 e. The van der Waals surface area contributed by atoms with Crippen LogP contribution in [0, 0.1) is 0 Å². The van der Waals surface area contributed by atoms with E-state index in [-0.39, 0.29) is 11.9 Å². The molecule has 1 aromatic heterocycles. The average Bonchev–Trinajstić information content (AvgIpc) is 2.93. The fourth-order valence-electron chi connectivity index (χ4n) is 3.29. The zero-order valence-electron chi connectivity index (χ0n) is 12.9. The molecule has 0 saturated heterocycles. The van der Waals surface area contributed by atoms with Gasteiger partial charge in [-0.1, -0.05) is 30.3 Å². The molecule has 4 rings (SSSR count). The lowest BCUT2D eigenvalue weighted by atomic mass is 9.95. The molecule has 0 bridgehead atoms. The number of nitrogens with zero attached hydrogens (tertiary/aromatic N) is 2. The Morgan fingerprint density at radius 2 is 2.00 bits per heavy atom. The molecule has 2 aromatic carbocycles. The molecule has 0 spiro atoms. The van der Waals surface area contributed by atoms with Gasteiger partial charge in [-0.05, 0) is 35.7 Å². The van der Waals surface area contributed by atoms with Crippen LogP contribution in [0.25, 0.3) is 10.9 Å². The van der Waals surface area contributed by atoms with Gasteiger partial charge in [0.05, 0.1) is 18.0 Å². The van der Waals surface area contributed by atoms with Crippen LogP contribution in [0.3, 0.4) is 0 Å². The Hall–Kier alpha value is -2.82. The third-order valence-electron chi connectivity index (χ3n) is 4.66. The fraction of sp³-hybridized carbons (Fsp3) is 0.222. The number of aromatic amines is 1. The van der Waals surface area contributed by atoms with E-state index in [1.807, 2.05) is 29.2 Å². The van der Waals surface area contributed by atoms with Gasteiger partial charge in [0, 0.05) is 11.9 Å². The zero-order valence-corrected chi connectivity index (χ0v) is 12.9. The molecule has 23 heavy (non-hydrogen) atoms. The fourth-order valence-corrected chi connectivity index (χ4v) is 3.29. The van der Waals surface area contributed by atoms with E-state index in [2.05, 4.69) is 35.3 Å². The second kappa shape index (κ2) is 5.12. The molecule has 2 heterocycles. The molecule has 0 saturated carbocycles. The number of aromatic nitrogens is 2. The molecule has 0 unspecified atom stereocenters. The molecule has 116 valence electrons. The number of hydrogen-bond acceptors (Lipinski definition) is 3. The van der Waals surface area contributed by atoms with E-state index >= 15 is 0 Å². The highest BCUT2D eigenvalue weighted by molar-refractivity contribution is 5.92. The summed E-state index contributed by atoms with van der Waals surface area (Å²) in [5, 5.41) is 7.88.